The molecular formula is C23H29N3O3S. The van der Waals surface area contributed by atoms with Gasteiger partial charge < -0.3 is 5.32 Å². The maximum Gasteiger partial charge on any atom is 0.250 e. The summed E-state index contributed by atoms with van der Waals surface area (Å²) in [5.74, 6) is -0.676. The second-order valence-electron chi connectivity index (χ2n) is 9.21. The van der Waals surface area contributed by atoms with E-state index >= 15 is 0 Å². The van der Waals surface area contributed by atoms with Gasteiger partial charge in [0.1, 0.15) is 5.54 Å². The van der Waals surface area contributed by atoms with Gasteiger partial charge in [-0.2, -0.15) is 11.8 Å². The second-order valence-corrected chi connectivity index (χ2v) is 10.2. The molecular weight excluding hydrogens is 398 g/mol. The number of thioether (sulfide) groups is 1. The van der Waals surface area contributed by atoms with Gasteiger partial charge in [-0.05, 0) is 56.2 Å². The molecule has 0 radical (unpaired) electrons. The Morgan fingerprint density at radius 2 is 1.87 bits per heavy atom. The summed E-state index contributed by atoms with van der Waals surface area (Å²) >= 11 is 1.72. The smallest absolute Gasteiger partial charge is 0.250 e. The van der Waals surface area contributed by atoms with Crippen molar-refractivity contribution in [3.63, 3.8) is 0 Å². The molecule has 1 saturated carbocycles. The molecule has 1 aromatic rings. The highest BCUT2D eigenvalue weighted by molar-refractivity contribution is 7.98. The Bertz CT molecular complexity index is 942. The first kappa shape index (κ1) is 20.1. The maximum atomic E-state index is 13.8. The van der Waals surface area contributed by atoms with E-state index in [1.165, 1.54) is 0 Å². The monoisotopic (exact) mass is 427 g/mol. The quantitative estimate of drug-likeness (QED) is 0.723. The van der Waals surface area contributed by atoms with Crippen LogP contribution in [0.2, 0.25) is 0 Å². The van der Waals surface area contributed by atoms with Gasteiger partial charge in [0.2, 0.25) is 17.7 Å². The highest BCUT2D eigenvalue weighted by atomic mass is 32.2. The molecule has 6 nitrogen and oxygen atoms in total. The molecule has 0 aromatic heterocycles. The molecule has 3 heterocycles. The van der Waals surface area contributed by atoms with E-state index in [9.17, 15) is 14.4 Å². The Morgan fingerprint density at radius 3 is 2.57 bits per heavy atom. The predicted octanol–water partition coefficient (Wildman–Crippen LogP) is 2.72. The molecule has 1 aliphatic carbocycles. The molecule has 4 atom stereocenters. The molecule has 160 valence electrons. The Kier molecular flexibility index (Phi) is 4.74. The number of nitrogens with one attached hydrogen (secondary N) is 2. The van der Waals surface area contributed by atoms with E-state index in [-0.39, 0.29) is 29.8 Å². The Hall–Kier alpha value is -1.86. The van der Waals surface area contributed by atoms with Crippen LogP contribution < -0.4 is 10.6 Å². The summed E-state index contributed by atoms with van der Waals surface area (Å²) in [5.41, 5.74) is 2.60. The molecule has 3 amide bonds. The Morgan fingerprint density at radius 1 is 1.13 bits per heavy atom. The third kappa shape index (κ3) is 2.51. The number of carbonyl (C=O) groups is 3. The molecule has 2 saturated heterocycles. The average Bonchev–Trinajstić information content (AvgIpc) is 3.46. The third-order valence-electron chi connectivity index (χ3n) is 7.78. The van der Waals surface area contributed by atoms with Crippen molar-refractivity contribution in [2.45, 2.75) is 63.6 Å². The summed E-state index contributed by atoms with van der Waals surface area (Å²) in [6, 6.07) is 3.80. The van der Waals surface area contributed by atoms with Crippen LogP contribution in [-0.2, 0) is 19.9 Å². The lowest BCUT2D eigenvalue weighted by atomic mass is 9.76. The van der Waals surface area contributed by atoms with Crippen molar-refractivity contribution < 1.29 is 14.4 Å². The molecule has 5 rings (SSSR count). The van der Waals surface area contributed by atoms with Gasteiger partial charge in [0.05, 0.1) is 11.8 Å². The summed E-state index contributed by atoms with van der Waals surface area (Å²) in [6.45, 7) is 4.02. The van der Waals surface area contributed by atoms with Crippen LogP contribution in [0.1, 0.15) is 48.8 Å². The summed E-state index contributed by atoms with van der Waals surface area (Å²) in [7, 11) is 0. The second kappa shape index (κ2) is 7.09. The minimum Gasteiger partial charge on any atom is -0.324 e. The number of likely N-dealkylation sites (tertiary alicyclic amines) is 1. The van der Waals surface area contributed by atoms with Crippen molar-refractivity contribution >= 4 is 35.2 Å². The van der Waals surface area contributed by atoms with Crippen molar-refractivity contribution in [2.24, 2.45) is 11.8 Å². The number of fused-ring (bicyclic) bond motifs is 4. The highest BCUT2D eigenvalue weighted by Gasteiger charge is 2.70. The Balaban J connectivity index is 1.64. The van der Waals surface area contributed by atoms with Crippen molar-refractivity contribution in [1.82, 2.24) is 10.2 Å². The zero-order chi connectivity index (χ0) is 21.2. The van der Waals surface area contributed by atoms with Gasteiger partial charge >= 0.3 is 0 Å². The minimum absolute atomic E-state index is 0.00228. The van der Waals surface area contributed by atoms with Crippen LogP contribution in [0.5, 0.6) is 0 Å². The number of nitrogens with zero attached hydrogens (tertiary/aromatic N) is 1. The number of imide groups is 1. The number of anilines is 1. The van der Waals surface area contributed by atoms with Gasteiger partial charge in [0, 0.05) is 23.3 Å². The van der Waals surface area contributed by atoms with Gasteiger partial charge in [0.25, 0.3) is 0 Å². The average molecular weight is 428 g/mol. The van der Waals surface area contributed by atoms with Crippen LogP contribution in [0.15, 0.2) is 12.1 Å². The first-order chi connectivity index (χ1) is 14.4. The van der Waals surface area contributed by atoms with Gasteiger partial charge in [-0.15, -0.1) is 0 Å². The molecule has 3 aliphatic heterocycles. The van der Waals surface area contributed by atoms with Gasteiger partial charge in [-0.3, -0.25) is 24.6 Å². The summed E-state index contributed by atoms with van der Waals surface area (Å²) < 4.78 is 0. The molecule has 30 heavy (non-hydrogen) atoms. The van der Waals surface area contributed by atoms with E-state index in [1.807, 2.05) is 32.2 Å². The first-order valence-corrected chi connectivity index (χ1v) is 12.4. The van der Waals surface area contributed by atoms with Gasteiger partial charge in [-0.25, -0.2) is 0 Å². The van der Waals surface area contributed by atoms with Crippen LogP contribution in [0, 0.1) is 25.7 Å². The van der Waals surface area contributed by atoms with Crippen molar-refractivity contribution in [2.75, 3.05) is 17.3 Å². The molecule has 4 aliphatic rings. The summed E-state index contributed by atoms with van der Waals surface area (Å²) in [6.07, 6.45) is 6.67. The number of benzene rings is 1. The fourth-order valence-electron chi connectivity index (χ4n) is 6.16. The fourth-order valence-corrected chi connectivity index (χ4v) is 6.65. The normalized spacial score (nSPS) is 33.0. The largest absolute Gasteiger partial charge is 0.324 e. The maximum absolute atomic E-state index is 13.8. The van der Waals surface area contributed by atoms with Crippen LogP contribution in [-0.4, -0.2) is 46.7 Å². The van der Waals surface area contributed by atoms with E-state index in [1.54, 1.807) is 16.7 Å². The molecule has 0 bridgehead atoms. The van der Waals surface area contributed by atoms with Gasteiger partial charge in [-0.1, -0.05) is 25.0 Å². The molecule has 0 unspecified atom stereocenters. The highest BCUT2D eigenvalue weighted by Crippen LogP contribution is 2.55. The van der Waals surface area contributed by atoms with Crippen molar-refractivity contribution in [3.8, 4) is 0 Å². The number of rotatable bonds is 4. The van der Waals surface area contributed by atoms with Crippen LogP contribution >= 0.6 is 11.8 Å². The van der Waals surface area contributed by atoms with Crippen molar-refractivity contribution in [3.05, 3.63) is 28.8 Å². The number of carbonyl (C=O) groups excluding carboxylic acids is 3. The lowest BCUT2D eigenvalue weighted by Gasteiger charge is -2.31. The molecule has 3 fully saturated rings. The summed E-state index contributed by atoms with van der Waals surface area (Å²) in [5, 5.41) is 6.59. The molecule has 1 aromatic carbocycles. The van der Waals surface area contributed by atoms with E-state index in [4.69, 9.17) is 0 Å². The zero-order valence-corrected chi connectivity index (χ0v) is 18.6. The molecule has 2 N–H and O–H groups in total. The third-order valence-corrected chi connectivity index (χ3v) is 8.42. The number of aryl methyl sites for hydroxylation is 1. The standard InChI is InChI=1S/C23H29N3O3S/c1-12-8-9-15-19(13(12)2)24-22(29)23(15)18-17(16(25-23)10-11-30-3)20(27)26(21(18)28)14-6-4-5-7-14/h8-9,14,16-18,25H,4-7,10-11H2,1-3H3,(H,24,29)/t16-,17-,18-,23-/m1/s1. The number of amides is 3. The van der Waals surface area contributed by atoms with E-state index in [2.05, 4.69) is 10.6 Å². The van der Waals surface area contributed by atoms with Crippen molar-refractivity contribution in [1.29, 1.82) is 0 Å². The summed E-state index contributed by atoms with van der Waals surface area (Å²) in [4.78, 5) is 42.4. The lowest BCUT2D eigenvalue weighted by Crippen LogP contribution is -2.54. The van der Waals surface area contributed by atoms with E-state index in [0.29, 0.717) is 0 Å². The van der Waals surface area contributed by atoms with Crippen LogP contribution in [0.3, 0.4) is 0 Å². The van der Waals surface area contributed by atoms with E-state index in [0.717, 1.165) is 60.2 Å². The van der Waals surface area contributed by atoms with E-state index < -0.39 is 17.4 Å². The minimum atomic E-state index is -1.15. The van der Waals surface area contributed by atoms with Crippen LogP contribution in [0.25, 0.3) is 0 Å². The number of hydrogen-bond acceptors (Lipinski definition) is 5. The molecule has 7 heteroatoms. The number of hydrogen-bond donors (Lipinski definition) is 2. The first-order valence-electron chi connectivity index (χ1n) is 11.0. The predicted molar refractivity (Wildman–Crippen MR) is 117 cm³/mol. The molecule has 1 spiro atoms. The Labute approximate surface area is 181 Å². The lowest BCUT2D eigenvalue weighted by molar-refractivity contribution is -0.145. The topological polar surface area (TPSA) is 78.5 Å². The van der Waals surface area contributed by atoms with Crippen LogP contribution in [0.4, 0.5) is 5.69 Å². The van der Waals surface area contributed by atoms with Gasteiger partial charge in [0.15, 0.2) is 0 Å². The fraction of sp³-hybridized carbons (Fsp3) is 0.609. The zero-order valence-electron chi connectivity index (χ0n) is 17.8. The SMILES string of the molecule is CSCC[C@H]1N[C@@]2(C(=O)Nc3c2ccc(C)c3C)[C@H]2C(=O)N(C3CCCC3)C(=O)[C@H]12.